The van der Waals surface area contributed by atoms with Crippen LogP contribution in [0.4, 0.5) is 0 Å². The summed E-state index contributed by atoms with van der Waals surface area (Å²) in [5, 5.41) is 7.61. The van der Waals surface area contributed by atoms with E-state index >= 15 is 0 Å². The molecule has 0 bridgehead atoms. The average Bonchev–Trinajstić information content (AvgIpc) is 2.93. The van der Waals surface area contributed by atoms with Crippen molar-refractivity contribution >= 4 is 5.91 Å². The predicted octanol–water partition coefficient (Wildman–Crippen LogP) is 3.49. The summed E-state index contributed by atoms with van der Waals surface area (Å²) in [5.74, 6) is 0.541. The first-order valence-electron chi connectivity index (χ1n) is 8.57. The Labute approximate surface area is 153 Å². The van der Waals surface area contributed by atoms with Crippen LogP contribution in [0.25, 0.3) is 0 Å². The minimum atomic E-state index is -0.126. The maximum Gasteiger partial charge on any atom is 0.251 e. The van der Waals surface area contributed by atoms with Crippen molar-refractivity contribution in [1.29, 1.82) is 0 Å². The van der Waals surface area contributed by atoms with E-state index in [2.05, 4.69) is 22.5 Å². The van der Waals surface area contributed by atoms with Gasteiger partial charge in [0, 0.05) is 23.4 Å². The number of amides is 1. The fourth-order valence-corrected chi connectivity index (χ4v) is 2.94. The minimum Gasteiger partial charge on any atom is -0.497 e. The van der Waals surface area contributed by atoms with E-state index in [4.69, 9.17) is 4.74 Å². The SMILES string of the molecule is COc1cccc(C(=O)NCc2c(C)nn(Cc3ccccc3)c2C)c1. The zero-order valence-corrected chi connectivity index (χ0v) is 15.3. The quantitative estimate of drug-likeness (QED) is 0.741. The lowest BCUT2D eigenvalue weighted by molar-refractivity contribution is 0.0950. The van der Waals surface area contributed by atoms with E-state index in [9.17, 15) is 4.79 Å². The van der Waals surface area contributed by atoms with Gasteiger partial charge in [-0.3, -0.25) is 9.48 Å². The number of methoxy groups -OCH3 is 1. The Morgan fingerprint density at radius 2 is 1.88 bits per heavy atom. The molecule has 3 aromatic rings. The number of aromatic nitrogens is 2. The van der Waals surface area contributed by atoms with Crippen LogP contribution in [0.2, 0.25) is 0 Å². The van der Waals surface area contributed by atoms with Gasteiger partial charge < -0.3 is 10.1 Å². The van der Waals surface area contributed by atoms with Gasteiger partial charge in [-0.15, -0.1) is 0 Å². The van der Waals surface area contributed by atoms with Crippen molar-refractivity contribution in [3.8, 4) is 5.75 Å². The molecule has 0 spiro atoms. The molecule has 1 amide bonds. The number of carbonyl (C=O) groups is 1. The third-order valence-electron chi connectivity index (χ3n) is 4.46. The van der Waals surface area contributed by atoms with Crippen LogP contribution in [0.3, 0.4) is 0 Å². The first kappa shape index (κ1) is 17.7. The third kappa shape index (κ3) is 3.94. The molecule has 0 fully saturated rings. The van der Waals surface area contributed by atoms with Crippen molar-refractivity contribution in [1.82, 2.24) is 15.1 Å². The van der Waals surface area contributed by atoms with Crippen LogP contribution in [0.5, 0.6) is 5.75 Å². The number of nitrogens with zero attached hydrogens (tertiary/aromatic N) is 2. The molecule has 5 nitrogen and oxygen atoms in total. The number of hydrogen-bond donors (Lipinski definition) is 1. The van der Waals surface area contributed by atoms with Gasteiger partial charge in [-0.1, -0.05) is 36.4 Å². The Balaban J connectivity index is 1.71. The second kappa shape index (κ2) is 7.87. The highest BCUT2D eigenvalue weighted by atomic mass is 16.5. The van der Waals surface area contributed by atoms with Gasteiger partial charge in [0.25, 0.3) is 5.91 Å². The van der Waals surface area contributed by atoms with Gasteiger partial charge in [0.15, 0.2) is 0 Å². The summed E-state index contributed by atoms with van der Waals surface area (Å²) < 4.78 is 7.16. The summed E-state index contributed by atoms with van der Waals surface area (Å²) in [6.07, 6.45) is 0. The Hall–Kier alpha value is -3.08. The van der Waals surface area contributed by atoms with Gasteiger partial charge in [-0.05, 0) is 37.6 Å². The molecule has 0 saturated carbocycles. The Kier molecular flexibility index (Phi) is 5.37. The van der Waals surface area contributed by atoms with Crippen molar-refractivity contribution in [3.63, 3.8) is 0 Å². The molecule has 0 atom stereocenters. The van der Waals surface area contributed by atoms with Gasteiger partial charge in [-0.2, -0.15) is 5.10 Å². The molecule has 26 heavy (non-hydrogen) atoms. The second-order valence-corrected chi connectivity index (χ2v) is 6.21. The molecule has 0 unspecified atom stereocenters. The van der Waals surface area contributed by atoms with Crippen molar-refractivity contribution in [3.05, 3.63) is 82.7 Å². The van der Waals surface area contributed by atoms with Crippen LogP contribution in [0.15, 0.2) is 54.6 Å². The fraction of sp³-hybridized carbons (Fsp3) is 0.238. The Morgan fingerprint density at radius 3 is 2.62 bits per heavy atom. The predicted molar refractivity (Wildman–Crippen MR) is 101 cm³/mol. The van der Waals surface area contributed by atoms with Crippen LogP contribution < -0.4 is 10.1 Å². The van der Waals surface area contributed by atoms with E-state index in [1.165, 1.54) is 5.56 Å². The molecule has 1 N–H and O–H groups in total. The second-order valence-electron chi connectivity index (χ2n) is 6.21. The molecule has 0 saturated heterocycles. The summed E-state index contributed by atoms with van der Waals surface area (Å²) in [5.41, 5.74) is 4.83. The highest BCUT2D eigenvalue weighted by Gasteiger charge is 2.14. The number of benzene rings is 2. The standard InChI is InChI=1S/C21H23N3O2/c1-15-20(13-22-21(25)18-10-7-11-19(12-18)26-3)16(2)24(23-15)14-17-8-5-4-6-9-17/h4-12H,13-14H2,1-3H3,(H,22,25). The lowest BCUT2D eigenvalue weighted by Gasteiger charge is -2.08. The van der Waals surface area contributed by atoms with Crippen LogP contribution in [0.1, 0.15) is 32.9 Å². The number of hydrogen-bond acceptors (Lipinski definition) is 3. The summed E-state index contributed by atoms with van der Waals surface area (Å²) in [4.78, 5) is 12.4. The number of carbonyl (C=O) groups excluding carboxylic acids is 1. The molecular weight excluding hydrogens is 326 g/mol. The number of ether oxygens (including phenoxy) is 1. The largest absolute Gasteiger partial charge is 0.497 e. The Bertz CT molecular complexity index is 901. The van der Waals surface area contributed by atoms with Crippen LogP contribution in [-0.4, -0.2) is 22.8 Å². The van der Waals surface area contributed by atoms with E-state index in [-0.39, 0.29) is 5.91 Å². The lowest BCUT2D eigenvalue weighted by atomic mass is 10.1. The van der Waals surface area contributed by atoms with Crippen LogP contribution >= 0.6 is 0 Å². The molecule has 0 radical (unpaired) electrons. The maximum atomic E-state index is 12.4. The third-order valence-corrected chi connectivity index (χ3v) is 4.46. The first-order valence-corrected chi connectivity index (χ1v) is 8.57. The van der Waals surface area contributed by atoms with Crippen molar-refractivity contribution in [2.75, 3.05) is 7.11 Å². The lowest BCUT2D eigenvalue weighted by Crippen LogP contribution is -2.23. The van der Waals surface area contributed by atoms with Crippen molar-refractivity contribution in [2.45, 2.75) is 26.9 Å². The highest BCUT2D eigenvalue weighted by Crippen LogP contribution is 2.16. The Morgan fingerprint density at radius 1 is 1.12 bits per heavy atom. The van der Waals surface area contributed by atoms with Gasteiger partial charge in [-0.25, -0.2) is 0 Å². The van der Waals surface area contributed by atoms with E-state index in [1.807, 2.05) is 48.9 Å². The monoisotopic (exact) mass is 349 g/mol. The summed E-state index contributed by atoms with van der Waals surface area (Å²) in [7, 11) is 1.59. The van der Waals surface area contributed by atoms with E-state index in [0.29, 0.717) is 17.9 Å². The van der Waals surface area contributed by atoms with Gasteiger partial charge in [0.2, 0.25) is 0 Å². The fourth-order valence-electron chi connectivity index (χ4n) is 2.94. The molecule has 0 aliphatic carbocycles. The average molecular weight is 349 g/mol. The molecule has 2 aromatic carbocycles. The molecule has 134 valence electrons. The highest BCUT2D eigenvalue weighted by molar-refractivity contribution is 5.94. The van der Waals surface area contributed by atoms with Crippen molar-refractivity contribution < 1.29 is 9.53 Å². The molecule has 1 heterocycles. The number of aryl methyl sites for hydroxylation is 1. The van der Waals surface area contributed by atoms with Crippen LogP contribution in [-0.2, 0) is 13.1 Å². The zero-order valence-electron chi connectivity index (χ0n) is 15.3. The van der Waals surface area contributed by atoms with Gasteiger partial charge in [0.1, 0.15) is 5.75 Å². The molecule has 1 aromatic heterocycles. The summed E-state index contributed by atoms with van der Waals surface area (Å²) in [6, 6.07) is 17.4. The summed E-state index contributed by atoms with van der Waals surface area (Å²) in [6.45, 7) is 5.18. The maximum absolute atomic E-state index is 12.4. The molecule has 5 heteroatoms. The molecule has 0 aliphatic heterocycles. The van der Waals surface area contributed by atoms with E-state index in [0.717, 1.165) is 23.5 Å². The summed E-state index contributed by atoms with van der Waals surface area (Å²) >= 11 is 0. The number of nitrogens with one attached hydrogen (secondary N) is 1. The van der Waals surface area contributed by atoms with Gasteiger partial charge in [0.05, 0.1) is 19.3 Å². The topological polar surface area (TPSA) is 56.1 Å². The van der Waals surface area contributed by atoms with Gasteiger partial charge >= 0.3 is 0 Å². The van der Waals surface area contributed by atoms with Crippen LogP contribution in [0, 0.1) is 13.8 Å². The number of rotatable bonds is 6. The minimum absolute atomic E-state index is 0.126. The normalized spacial score (nSPS) is 10.6. The molecular formula is C21H23N3O2. The van der Waals surface area contributed by atoms with E-state index in [1.54, 1.807) is 19.2 Å². The molecule has 3 rings (SSSR count). The smallest absolute Gasteiger partial charge is 0.251 e. The molecule has 0 aliphatic rings. The van der Waals surface area contributed by atoms with Crippen molar-refractivity contribution in [2.24, 2.45) is 0 Å². The first-order chi connectivity index (χ1) is 12.6. The zero-order chi connectivity index (χ0) is 18.5. The van der Waals surface area contributed by atoms with E-state index < -0.39 is 0 Å².